The lowest BCUT2D eigenvalue weighted by molar-refractivity contribution is 0.695. The van der Waals surface area contributed by atoms with E-state index in [1.165, 1.54) is 5.56 Å². The first kappa shape index (κ1) is 15.6. The second kappa shape index (κ2) is 7.27. The van der Waals surface area contributed by atoms with Crippen LogP contribution in [0.15, 0.2) is 17.4 Å². The minimum atomic E-state index is 0.428. The van der Waals surface area contributed by atoms with E-state index >= 15 is 0 Å². The van der Waals surface area contributed by atoms with E-state index in [1.807, 2.05) is 11.8 Å². The van der Waals surface area contributed by atoms with E-state index in [0.29, 0.717) is 11.2 Å². The van der Waals surface area contributed by atoms with Crippen LogP contribution in [0.2, 0.25) is 0 Å². The lowest BCUT2D eigenvalue weighted by Gasteiger charge is -2.17. The molecular weight excluding hydrogens is 292 g/mol. The van der Waals surface area contributed by atoms with E-state index in [9.17, 15) is 0 Å². The topological polar surface area (TPSA) is 43.1 Å². The fraction of sp³-hybridized carbons (Fsp3) is 0.643. The van der Waals surface area contributed by atoms with Gasteiger partial charge in [0.2, 0.25) is 0 Å². The first-order valence-electron chi connectivity index (χ1n) is 7.09. The van der Waals surface area contributed by atoms with Crippen LogP contribution in [0.4, 0.5) is 0 Å². The summed E-state index contributed by atoms with van der Waals surface area (Å²) in [5.74, 6) is 1.15. The Kier molecular flexibility index (Phi) is 5.66. The molecule has 20 heavy (non-hydrogen) atoms. The molecule has 0 aliphatic carbocycles. The number of nitrogens with zero attached hydrogens (tertiary/aromatic N) is 4. The van der Waals surface area contributed by atoms with Crippen molar-refractivity contribution in [2.75, 3.05) is 5.88 Å². The van der Waals surface area contributed by atoms with Crippen molar-refractivity contribution >= 4 is 29.0 Å². The zero-order valence-corrected chi connectivity index (χ0v) is 13.8. The molecule has 6 heteroatoms. The summed E-state index contributed by atoms with van der Waals surface area (Å²) in [6.07, 6.45) is 4.84. The van der Waals surface area contributed by atoms with Gasteiger partial charge < -0.3 is 0 Å². The van der Waals surface area contributed by atoms with Crippen molar-refractivity contribution in [3.8, 4) is 0 Å². The van der Waals surface area contributed by atoms with Crippen molar-refractivity contribution < 1.29 is 0 Å². The second-order valence-corrected chi connectivity index (χ2v) is 6.81. The van der Waals surface area contributed by atoms with E-state index in [1.54, 1.807) is 11.0 Å². The number of halogens is 1. The summed E-state index contributed by atoms with van der Waals surface area (Å²) in [5.41, 5.74) is 2.06. The fourth-order valence-electron chi connectivity index (χ4n) is 2.08. The van der Waals surface area contributed by atoms with Crippen molar-refractivity contribution in [1.82, 2.24) is 19.8 Å². The van der Waals surface area contributed by atoms with Crippen LogP contribution in [0.1, 0.15) is 51.5 Å². The van der Waals surface area contributed by atoms with Crippen molar-refractivity contribution in [3.63, 3.8) is 0 Å². The number of hydrogen-bond acceptors (Lipinski definition) is 4. The van der Waals surface area contributed by atoms with Crippen molar-refractivity contribution in [2.45, 2.75) is 56.2 Å². The largest absolute Gasteiger partial charge is 0.213 e. The standard InChI is InChI=1S/C14H21ClN4S/c1-4-11(6-5-7-15)20-14-12(10(2)3)8-13-16-9-17-19(13)18-14/h8-11H,4-7H2,1-3H3. The molecule has 2 rings (SSSR count). The third-order valence-electron chi connectivity index (χ3n) is 3.29. The first-order valence-corrected chi connectivity index (χ1v) is 8.50. The van der Waals surface area contributed by atoms with Gasteiger partial charge in [0.1, 0.15) is 11.4 Å². The third-order valence-corrected chi connectivity index (χ3v) is 5.00. The molecule has 2 aromatic rings. The van der Waals surface area contributed by atoms with Gasteiger partial charge in [-0.25, -0.2) is 4.98 Å². The Bertz CT molecular complexity index is 555. The molecule has 110 valence electrons. The molecule has 0 fully saturated rings. The molecule has 1 unspecified atom stereocenters. The van der Waals surface area contributed by atoms with Gasteiger partial charge in [0.05, 0.1) is 0 Å². The Hall–Kier alpha value is -0.810. The molecule has 0 amide bonds. The normalized spacial score (nSPS) is 13.2. The van der Waals surface area contributed by atoms with Gasteiger partial charge >= 0.3 is 0 Å². The SMILES string of the molecule is CCC(CCCCl)Sc1nn2ncnc2cc1C(C)C. The van der Waals surface area contributed by atoms with Gasteiger partial charge in [0.15, 0.2) is 5.65 Å². The monoisotopic (exact) mass is 312 g/mol. The lowest BCUT2D eigenvalue weighted by Crippen LogP contribution is -2.07. The summed E-state index contributed by atoms with van der Waals surface area (Å²) in [6.45, 7) is 6.59. The maximum Gasteiger partial charge on any atom is 0.176 e. The van der Waals surface area contributed by atoms with Crippen LogP contribution in [-0.2, 0) is 0 Å². The van der Waals surface area contributed by atoms with E-state index < -0.39 is 0 Å². The summed E-state index contributed by atoms with van der Waals surface area (Å²) in [6, 6.07) is 2.10. The molecule has 0 aliphatic heterocycles. The van der Waals surface area contributed by atoms with Gasteiger partial charge in [-0.15, -0.1) is 38.2 Å². The quantitative estimate of drug-likeness (QED) is 0.569. The van der Waals surface area contributed by atoms with Crippen LogP contribution in [0, 0.1) is 0 Å². The zero-order chi connectivity index (χ0) is 14.5. The summed E-state index contributed by atoms with van der Waals surface area (Å²) in [4.78, 5) is 4.21. The molecule has 1 atom stereocenters. The van der Waals surface area contributed by atoms with Gasteiger partial charge in [-0.3, -0.25) is 0 Å². The van der Waals surface area contributed by atoms with Gasteiger partial charge in [-0.1, -0.05) is 20.8 Å². The number of fused-ring (bicyclic) bond motifs is 1. The van der Waals surface area contributed by atoms with Crippen LogP contribution >= 0.6 is 23.4 Å². The molecule has 0 aliphatic rings. The van der Waals surface area contributed by atoms with Crippen LogP contribution in [-0.4, -0.2) is 30.9 Å². The average Bonchev–Trinajstić information content (AvgIpc) is 2.89. The highest BCUT2D eigenvalue weighted by Crippen LogP contribution is 2.33. The smallest absolute Gasteiger partial charge is 0.176 e. The average molecular weight is 313 g/mol. The van der Waals surface area contributed by atoms with Crippen LogP contribution in [0.5, 0.6) is 0 Å². The molecule has 0 saturated heterocycles. The minimum absolute atomic E-state index is 0.428. The Labute approximate surface area is 129 Å². The highest BCUT2D eigenvalue weighted by atomic mass is 35.5. The predicted molar refractivity (Wildman–Crippen MR) is 84.8 cm³/mol. The van der Waals surface area contributed by atoms with Gasteiger partial charge in [-0.05, 0) is 36.8 Å². The summed E-state index contributed by atoms with van der Waals surface area (Å²) >= 11 is 7.65. The number of alkyl halides is 1. The third kappa shape index (κ3) is 3.64. The summed E-state index contributed by atoms with van der Waals surface area (Å²) in [7, 11) is 0. The Morgan fingerprint density at radius 2 is 2.20 bits per heavy atom. The predicted octanol–water partition coefficient (Wildman–Crippen LogP) is 4.14. The van der Waals surface area contributed by atoms with E-state index in [0.717, 1.165) is 35.8 Å². The van der Waals surface area contributed by atoms with Crippen molar-refractivity contribution in [2.24, 2.45) is 0 Å². The highest BCUT2D eigenvalue weighted by Gasteiger charge is 2.16. The van der Waals surface area contributed by atoms with Gasteiger partial charge in [0, 0.05) is 11.1 Å². The fourth-order valence-corrected chi connectivity index (χ4v) is 3.55. The maximum atomic E-state index is 5.80. The maximum absolute atomic E-state index is 5.80. The van der Waals surface area contributed by atoms with E-state index in [2.05, 4.69) is 42.0 Å². The second-order valence-electron chi connectivity index (χ2n) is 5.15. The zero-order valence-electron chi connectivity index (χ0n) is 12.2. The molecule has 0 bridgehead atoms. The molecule has 0 saturated carbocycles. The molecule has 0 spiro atoms. The number of rotatable bonds is 7. The molecule has 0 aromatic carbocycles. The molecule has 2 aromatic heterocycles. The Morgan fingerprint density at radius 1 is 1.40 bits per heavy atom. The molecule has 2 heterocycles. The Morgan fingerprint density at radius 3 is 2.85 bits per heavy atom. The van der Waals surface area contributed by atoms with Gasteiger partial charge in [-0.2, -0.15) is 0 Å². The van der Waals surface area contributed by atoms with Crippen LogP contribution in [0.25, 0.3) is 5.65 Å². The van der Waals surface area contributed by atoms with Crippen LogP contribution in [0.3, 0.4) is 0 Å². The molecule has 4 nitrogen and oxygen atoms in total. The highest BCUT2D eigenvalue weighted by molar-refractivity contribution is 7.99. The van der Waals surface area contributed by atoms with Crippen LogP contribution < -0.4 is 0 Å². The van der Waals surface area contributed by atoms with E-state index in [4.69, 9.17) is 11.6 Å². The molecule has 0 radical (unpaired) electrons. The minimum Gasteiger partial charge on any atom is -0.213 e. The molecule has 0 N–H and O–H groups in total. The van der Waals surface area contributed by atoms with Crippen molar-refractivity contribution in [3.05, 3.63) is 18.0 Å². The molecular formula is C14H21ClN4S. The summed E-state index contributed by atoms with van der Waals surface area (Å²) in [5, 5.41) is 10.4. The van der Waals surface area contributed by atoms with E-state index in [-0.39, 0.29) is 0 Å². The first-order chi connectivity index (χ1) is 9.65. The Balaban J connectivity index is 2.28. The summed E-state index contributed by atoms with van der Waals surface area (Å²) < 4.78 is 1.61. The number of aromatic nitrogens is 4. The lowest BCUT2D eigenvalue weighted by atomic mass is 10.1. The number of thioether (sulfide) groups is 1. The number of hydrogen-bond donors (Lipinski definition) is 0. The van der Waals surface area contributed by atoms with Crippen molar-refractivity contribution in [1.29, 1.82) is 0 Å². The van der Waals surface area contributed by atoms with Gasteiger partial charge in [0.25, 0.3) is 0 Å².